The van der Waals surface area contributed by atoms with Gasteiger partial charge < -0.3 is 47.4 Å². The fourth-order valence-electron chi connectivity index (χ4n) is 11.1. The van der Waals surface area contributed by atoms with Crippen LogP contribution in [0.2, 0.25) is 0 Å². The summed E-state index contributed by atoms with van der Waals surface area (Å²) in [6, 6.07) is 79.5. The van der Waals surface area contributed by atoms with Crippen LogP contribution < -0.4 is 0 Å². The van der Waals surface area contributed by atoms with Crippen LogP contribution in [0.3, 0.4) is 0 Å². The van der Waals surface area contributed by atoms with Crippen LogP contribution in [0.25, 0.3) is 33.4 Å². The molecule has 2 fully saturated rings. The number of esters is 7. The van der Waals surface area contributed by atoms with Gasteiger partial charge in [0, 0.05) is 0 Å². The minimum Gasteiger partial charge on any atom is -0.459 e. The Morgan fingerprint density at radius 3 is 0.845 bits per heavy atom. The average Bonchev–Trinajstić information content (AvgIpc) is 0.784. The van der Waals surface area contributed by atoms with Crippen LogP contribution in [0.1, 0.15) is 72.5 Å². The molecule has 0 unspecified atom stereocenters. The fourth-order valence-corrected chi connectivity index (χ4v) is 11.4. The molecule has 2 heterocycles. The Balaban J connectivity index is 0.937. The largest absolute Gasteiger partial charge is 0.459 e. The number of carbonyl (C=O) groups is 7. The molecular formula is C79H61ClO17. The van der Waals surface area contributed by atoms with E-state index in [9.17, 15) is 33.6 Å². The number of ether oxygens (including phenoxy) is 10. The second kappa shape index (κ2) is 31.3. The number of benzene rings is 10. The van der Waals surface area contributed by atoms with Gasteiger partial charge in [0.2, 0.25) is 0 Å². The predicted octanol–water partition coefficient (Wildman–Crippen LogP) is 13.9. The second-order valence-corrected chi connectivity index (χ2v) is 22.9. The van der Waals surface area contributed by atoms with Gasteiger partial charge in [-0.05, 0) is 118 Å². The number of hydrogen-bond acceptors (Lipinski definition) is 17. The van der Waals surface area contributed by atoms with E-state index in [2.05, 4.69) is 0 Å². The van der Waals surface area contributed by atoms with E-state index in [0.717, 1.165) is 33.4 Å². The van der Waals surface area contributed by atoms with Crippen molar-refractivity contribution in [2.75, 3.05) is 13.2 Å². The molecule has 2 saturated heterocycles. The summed E-state index contributed by atoms with van der Waals surface area (Å²) in [5, 5.41) is 0. The first-order valence-corrected chi connectivity index (χ1v) is 31.5. The number of halogens is 1. The van der Waals surface area contributed by atoms with Crippen molar-refractivity contribution in [3.8, 4) is 33.4 Å². The van der Waals surface area contributed by atoms with Crippen LogP contribution in [0.5, 0.6) is 0 Å². The Bertz CT molecular complexity index is 4310. The third-order valence-corrected chi connectivity index (χ3v) is 16.5. The first-order valence-electron chi connectivity index (χ1n) is 31.1. The van der Waals surface area contributed by atoms with Crippen molar-refractivity contribution in [3.05, 3.63) is 324 Å². The van der Waals surface area contributed by atoms with Crippen LogP contribution >= 0.6 is 11.6 Å². The van der Waals surface area contributed by atoms with E-state index in [1.165, 1.54) is 48.5 Å². The third-order valence-electron chi connectivity index (χ3n) is 16.2. The van der Waals surface area contributed by atoms with E-state index >= 15 is 0 Å². The molecule has 0 N–H and O–H groups in total. The zero-order valence-electron chi connectivity index (χ0n) is 51.6. The molecule has 0 spiro atoms. The maximum absolute atomic E-state index is 14.9. The highest BCUT2D eigenvalue weighted by Crippen LogP contribution is 2.37. The average molecular weight is 1320 g/mol. The quantitative estimate of drug-likeness (QED) is 0.0372. The minimum absolute atomic E-state index is 0.0302. The van der Waals surface area contributed by atoms with Gasteiger partial charge in [0.1, 0.15) is 18.8 Å². The smallest absolute Gasteiger partial charge is 0.338 e. The Morgan fingerprint density at radius 2 is 0.505 bits per heavy atom. The lowest BCUT2D eigenvalue weighted by atomic mass is 9.97. The Morgan fingerprint density at radius 1 is 0.258 bits per heavy atom. The van der Waals surface area contributed by atoms with E-state index in [1.54, 1.807) is 146 Å². The van der Waals surface area contributed by atoms with Crippen molar-refractivity contribution in [2.24, 2.45) is 0 Å². The lowest BCUT2D eigenvalue weighted by Crippen LogP contribution is -2.64. The Kier molecular flexibility index (Phi) is 21.2. The standard InChI is InChI=1S/C79H61ClO17/c80-71-69(96-78(87)62-46-40-55(41-47-62)52-26-12-3-13-27-52)67(94-77(86)61-44-38-54(39-45-61)51-24-10-2-11-25-51)65(92-76(85)60-42-36-53(37-43-60)50-22-8-1-9-23-50)63(90-71)49-89-79-70(97-75(84)59-34-20-7-21-35-59)68(95-74(83)58-32-18-6-19-33-58)66(93-73(82)57-30-16-5-17-31-57)64(91-79)48-88-72(81)56-28-14-4-15-29-56/h1-47,63-71,79H,48-49H2/t63-,64-,65+,66+,67+,68+,69-,70-,71+,79-/m1/s1. The lowest BCUT2D eigenvalue weighted by Gasteiger charge is -2.46. The molecule has 2 aliphatic heterocycles. The summed E-state index contributed by atoms with van der Waals surface area (Å²) in [5.41, 5.74) is 3.70. The van der Waals surface area contributed by atoms with Gasteiger partial charge in [-0.15, -0.1) is 0 Å². The summed E-state index contributed by atoms with van der Waals surface area (Å²) in [6.45, 7) is -1.47. The minimum atomic E-state index is -1.91. The summed E-state index contributed by atoms with van der Waals surface area (Å²) in [7, 11) is 0. The van der Waals surface area contributed by atoms with Crippen molar-refractivity contribution in [1.82, 2.24) is 0 Å². The zero-order valence-corrected chi connectivity index (χ0v) is 52.4. The van der Waals surface area contributed by atoms with Gasteiger partial charge >= 0.3 is 41.8 Å². The molecule has 0 radical (unpaired) electrons. The molecule has 12 rings (SSSR count). The molecule has 18 heteroatoms. The SMILES string of the molecule is O=C(OC[C@H]1O[C@@H](OC[C@H]2O[C@H](Cl)[C@H](OC(=O)c3ccc(-c4ccccc4)cc3)[C@@H](OC(=O)c3ccc(-c4ccccc4)cc3)[C@H]2OC(=O)c2ccc(-c3ccccc3)cc2)[C@H](OC(=O)c2ccccc2)[C@@H](OC(=O)c2ccccc2)[C@H]1OC(=O)c1ccccc1)c1ccccc1. The monoisotopic (exact) mass is 1320 g/mol. The number of hydrogen-bond donors (Lipinski definition) is 0. The fraction of sp³-hybridized carbons (Fsp3) is 0.152. The molecular weight excluding hydrogens is 1260 g/mol. The van der Waals surface area contributed by atoms with E-state index < -0.39 is 116 Å². The maximum Gasteiger partial charge on any atom is 0.338 e. The molecule has 17 nitrogen and oxygen atoms in total. The summed E-state index contributed by atoms with van der Waals surface area (Å²) < 4.78 is 63.8. The maximum atomic E-state index is 14.9. The summed E-state index contributed by atoms with van der Waals surface area (Å²) in [6.07, 6.45) is -16.0. The molecule has 0 aliphatic carbocycles. The zero-order chi connectivity index (χ0) is 67.0. The topological polar surface area (TPSA) is 212 Å². The molecule has 10 aromatic carbocycles. The normalized spacial score (nSPS) is 20.3. The van der Waals surface area contributed by atoms with Gasteiger partial charge in [-0.3, -0.25) is 0 Å². The van der Waals surface area contributed by atoms with Crippen molar-refractivity contribution < 1.29 is 80.9 Å². The van der Waals surface area contributed by atoms with Crippen molar-refractivity contribution in [1.29, 1.82) is 0 Å². The Hall–Kier alpha value is -11.3. The molecule has 0 saturated carbocycles. The lowest BCUT2D eigenvalue weighted by molar-refractivity contribution is -0.309. The molecule has 0 bridgehead atoms. The van der Waals surface area contributed by atoms with Crippen LogP contribution in [0.15, 0.2) is 285 Å². The number of rotatable bonds is 21. The van der Waals surface area contributed by atoms with Gasteiger partial charge in [-0.25, -0.2) is 33.6 Å². The van der Waals surface area contributed by atoms with Gasteiger partial charge in [0.05, 0.1) is 45.6 Å². The van der Waals surface area contributed by atoms with Gasteiger partial charge in [0.15, 0.2) is 48.5 Å². The van der Waals surface area contributed by atoms with Crippen LogP contribution in [0.4, 0.5) is 0 Å². The summed E-state index contributed by atoms with van der Waals surface area (Å²) >= 11 is 7.27. The molecule has 0 amide bonds. The molecule has 10 aromatic rings. The predicted molar refractivity (Wildman–Crippen MR) is 356 cm³/mol. The molecule has 0 aromatic heterocycles. The highest BCUT2D eigenvalue weighted by atomic mass is 35.5. The number of alkyl halides is 1. The first-order chi connectivity index (χ1) is 47.4. The Labute approximate surface area is 562 Å². The van der Waals surface area contributed by atoms with Crippen molar-refractivity contribution >= 4 is 53.4 Å². The van der Waals surface area contributed by atoms with Crippen molar-refractivity contribution in [3.63, 3.8) is 0 Å². The van der Waals surface area contributed by atoms with Crippen LogP contribution in [-0.4, -0.2) is 116 Å². The van der Waals surface area contributed by atoms with E-state index in [1.807, 2.05) is 91.0 Å². The van der Waals surface area contributed by atoms with Gasteiger partial charge in [-0.1, -0.05) is 212 Å². The van der Waals surface area contributed by atoms with E-state index in [-0.39, 0.29) is 38.9 Å². The van der Waals surface area contributed by atoms with E-state index in [0.29, 0.717) is 0 Å². The molecule has 97 heavy (non-hydrogen) atoms. The third kappa shape index (κ3) is 16.3. The van der Waals surface area contributed by atoms with Gasteiger partial charge in [-0.2, -0.15) is 0 Å². The summed E-state index contributed by atoms with van der Waals surface area (Å²) in [5.74, 6) is -6.52. The van der Waals surface area contributed by atoms with E-state index in [4.69, 9.17) is 59.0 Å². The van der Waals surface area contributed by atoms with Crippen LogP contribution in [0, 0.1) is 0 Å². The summed E-state index contributed by atoms with van der Waals surface area (Å²) in [4.78, 5) is 102. The second-order valence-electron chi connectivity index (χ2n) is 22.5. The van der Waals surface area contributed by atoms with Gasteiger partial charge in [0.25, 0.3) is 0 Å². The number of carbonyl (C=O) groups excluding carboxylic acids is 7. The molecule has 486 valence electrons. The highest BCUT2D eigenvalue weighted by molar-refractivity contribution is 6.20. The van der Waals surface area contributed by atoms with Crippen molar-refractivity contribution in [2.45, 2.75) is 60.7 Å². The highest BCUT2D eigenvalue weighted by Gasteiger charge is 2.56. The molecule has 10 atom stereocenters. The van der Waals surface area contributed by atoms with Crippen LogP contribution in [-0.2, 0) is 47.4 Å². The first kappa shape index (κ1) is 65.7. The molecule has 2 aliphatic rings.